The second-order valence-corrected chi connectivity index (χ2v) is 8.19. The molecule has 0 atom stereocenters. The van der Waals surface area contributed by atoms with Crippen molar-refractivity contribution >= 4 is 27.5 Å². The fourth-order valence-corrected chi connectivity index (χ4v) is 4.38. The summed E-state index contributed by atoms with van der Waals surface area (Å²) >= 11 is 1.53. The molecular weight excluding hydrogens is 396 g/mol. The van der Waals surface area contributed by atoms with Crippen molar-refractivity contribution in [3.8, 4) is 10.4 Å². The Hall–Kier alpha value is -3.29. The van der Waals surface area contributed by atoms with Gasteiger partial charge in [0.25, 0.3) is 11.5 Å². The van der Waals surface area contributed by atoms with Gasteiger partial charge in [-0.25, -0.2) is 4.98 Å². The maximum atomic E-state index is 12.6. The zero-order chi connectivity index (χ0) is 21.1. The molecule has 0 aliphatic rings. The second-order valence-electron chi connectivity index (χ2n) is 7.16. The van der Waals surface area contributed by atoms with Gasteiger partial charge in [-0.2, -0.15) is 0 Å². The number of amides is 1. The van der Waals surface area contributed by atoms with Crippen LogP contribution in [0.2, 0.25) is 0 Å². The van der Waals surface area contributed by atoms with Gasteiger partial charge < -0.3 is 10.3 Å². The minimum Gasteiger partial charge on any atom is -0.355 e. The third-order valence-corrected chi connectivity index (χ3v) is 5.90. The van der Waals surface area contributed by atoms with Gasteiger partial charge in [0.1, 0.15) is 10.7 Å². The summed E-state index contributed by atoms with van der Waals surface area (Å²) in [4.78, 5) is 35.7. The van der Waals surface area contributed by atoms with Crippen LogP contribution in [0.25, 0.3) is 20.7 Å². The Bertz CT molecular complexity index is 1230. The number of H-pyrrole nitrogens is 1. The van der Waals surface area contributed by atoms with E-state index in [1.165, 1.54) is 11.3 Å². The molecule has 2 N–H and O–H groups in total. The SMILES string of the molecule is CNC(=O)c1ccc(CN(C)Cc2nc3sc(-c4ccccc4)cc3c(=O)[nH]2)cc1. The van der Waals surface area contributed by atoms with Crippen molar-refractivity contribution in [1.29, 1.82) is 0 Å². The van der Waals surface area contributed by atoms with E-state index >= 15 is 0 Å². The molecule has 0 bridgehead atoms. The number of hydrogen-bond acceptors (Lipinski definition) is 5. The van der Waals surface area contributed by atoms with Crippen LogP contribution in [-0.2, 0) is 13.1 Å². The van der Waals surface area contributed by atoms with E-state index in [0.717, 1.165) is 20.8 Å². The van der Waals surface area contributed by atoms with Crippen LogP contribution in [0, 0.1) is 0 Å². The van der Waals surface area contributed by atoms with Gasteiger partial charge >= 0.3 is 0 Å². The number of carbonyl (C=O) groups excluding carboxylic acids is 1. The van der Waals surface area contributed by atoms with Gasteiger partial charge in [0.15, 0.2) is 0 Å². The lowest BCUT2D eigenvalue weighted by atomic mass is 10.1. The summed E-state index contributed by atoms with van der Waals surface area (Å²) in [6.07, 6.45) is 0. The molecule has 30 heavy (non-hydrogen) atoms. The Morgan fingerprint density at radius 2 is 1.83 bits per heavy atom. The number of thiophene rings is 1. The van der Waals surface area contributed by atoms with Crippen LogP contribution in [0.15, 0.2) is 65.5 Å². The smallest absolute Gasteiger partial charge is 0.259 e. The normalized spacial score (nSPS) is 11.2. The van der Waals surface area contributed by atoms with Crippen LogP contribution in [-0.4, -0.2) is 34.9 Å². The molecule has 1 amide bonds. The summed E-state index contributed by atoms with van der Waals surface area (Å²) in [5.41, 5.74) is 2.68. The number of rotatable bonds is 6. The number of aromatic amines is 1. The van der Waals surface area contributed by atoms with Crippen molar-refractivity contribution in [3.05, 3.63) is 88.0 Å². The van der Waals surface area contributed by atoms with Crippen molar-refractivity contribution in [2.75, 3.05) is 14.1 Å². The standard InChI is InChI=1S/C23H22N4O2S/c1-24-21(28)17-10-8-15(9-11-17)13-27(2)14-20-25-22(29)18-12-19(30-23(18)26-20)16-6-4-3-5-7-16/h3-12H,13-14H2,1-2H3,(H,24,28)(H,25,26,29). The lowest BCUT2D eigenvalue weighted by Gasteiger charge is -2.16. The largest absolute Gasteiger partial charge is 0.355 e. The van der Waals surface area contributed by atoms with Crippen LogP contribution >= 0.6 is 11.3 Å². The summed E-state index contributed by atoms with van der Waals surface area (Å²) in [5, 5.41) is 3.24. The molecule has 0 spiro atoms. The molecule has 0 radical (unpaired) electrons. The Balaban J connectivity index is 1.50. The van der Waals surface area contributed by atoms with E-state index in [0.29, 0.717) is 29.9 Å². The van der Waals surface area contributed by atoms with Gasteiger partial charge in [-0.1, -0.05) is 42.5 Å². The summed E-state index contributed by atoms with van der Waals surface area (Å²) in [7, 11) is 3.59. The fourth-order valence-electron chi connectivity index (χ4n) is 3.32. The van der Waals surface area contributed by atoms with E-state index in [4.69, 9.17) is 0 Å². The second kappa shape index (κ2) is 8.61. The Morgan fingerprint density at radius 3 is 2.53 bits per heavy atom. The fraction of sp³-hybridized carbons (Fsp3) is 0.174. The maximum Gasteiger partial charge on any atom is 0.259 e. The number of aromatic nitrogens is 2. The minimum atomic E-state index is -0.114. The highest BCUT2D eigenvalue weighted by molar-refractivity contribution is 7.21. The molecule has 0 fully saturated rings. The first kappa shape index (κ1) is 20.0. The van der Waals surface area contributed by atoms with Gasteiger partial charge in [0.2, 0.25) is 0 Å². The summed E-state index contributed by atoms with van der Waals surface area (Å²) in [6.45, 7) is 1.19. The number of hydrogen-bond donors (Lipinski definition) is 2. The van der Waals surface area contributed by atoms with E-state index in [9.17, 15) is 9.59 Å². The van der Waals surface area contributed by atoms with E-state index in [-0.39, 0.29) is 11.5 Å². The highest BCUT2D eigenvalue weighted by atomic mass is 32.1. The number of benzene rings is 2. The predicted octanol–water partition coefficient (Wildman–Crippen LogP) is 3.64. The van der Waals surface area contributed by atoms with Crippen molar-refractivity contribution in [1.82, 2.24) is 20.2 Å². The molecule has 0 aliphatic heterocycles. The Morgan fingerprint density at radius 1 is 1.10 bits per heavy atom. The average molecular weight is 419 g/mol. The van der Waals surface area contributed by atoms with Crippen LogP contribution in [0.3, 0.4) is 0 Å². The lowest BCUT2D eigenvalue weighted by molar-refractivity contribution is 0.0963. The number of carbonyl (C=O) groups is 1. The molecule has 0 saturated carbocycles. The Labute approximate surface area is 178 Å². The van der Waals surface area contributed by atoms with Crippen LogP contribution < -0.4 is 10.9 Å². The molecule has 2 aromatic heterocycles. The van der Waals surface area contributed by atoms with Gasteiger partial charge in [0, 0.05) is 24.0 Å². The van der Waals surface area contributed by atoms with E-state index < -0.39 is 0 Å². The predicted molar refractivity (Wildman–Crippen MR) is 121 cm³/mol. The third-order valence-electron chi connectivity index (χ3n) is 4.83. The monoisotopic (exact) mass is 418 g/mol. The van der Waals surface area contributed by atoms with Gasteiger partial charge in [0.05, 0.1) is 11.9 Å². The van der Waals surface area contributed by atoms with Crippen molar-refractivity contribution in [2.24, 2.45) is 0 Å². The average Bonchev–Trinajstić information content (AvgIpc) is 3.19. The van der Waals surface area contributed by atoms with Crippen molar-refractivity contribution in [3.63, 3.8) is 0 Å². The topological polar surface area (TPSA) is 78.1 Å². The third kappa shape index (κ3) is 4.32. The first-order valence-corrected chi connectivity index (χ1v) is 10.4. The molecule has 152 valence electrons. The molecule has 7 heteroatoms. The first-order valence-electron chi connectivity index (χ1n) is 9.61. The van der Waals surface area contributed by atoms with Crippen molar-refractivity contribution in [2.45, 2.75) is 13.1 Å². The molecule has 6 nitrogen and oxygen atoms in total. The van der Waals surface area contributed by atoms with E-state index in [2.05, 4.69) is 20.2 Å². The van der Waals surface area contributed by atoms with Gasteiger partial charge in [-0.3, -0.25) is 14.5 Å². The highest BCUT2D eigenvalue weighted by Crippen LogP contribution is 2.30. The summed E-state index contributed by atoms with van der Waals surface area (Å²) < 4.78 is 0. The molecule has 4 rings (SSSR count). The Kier molecular flexibility index (Phi) is 5.74. The van der Waals surface area contributed by atoms with E-state index in [1.807, 2.05) is 67.7 Å². The van der Waals surface area contributed by atoms with E-state index in [1.54, 1.807) is 7.05 Å². The minimum absolute atomic E-state index is 0.101. The maximum absolute atomic E-state index is 12.6. The van der Waals surface area contributed by atoms with Crippen LogP contribution in [0.1, 0.15) is 21.7 Å². The lowest BCUT2D eigenvalue weighted by Crippen LogP contribution is -2.21. The summed E-state index contributed by atoms with van der Waals surface area (Å²) in [5.74, 6) is 0.536. The quantitative estimate of drug-likeness (QED) is 0.501. The summed E-state index contributed by atoms with van der Waals surface area (Å²) in [6, 6.07) is 19.4. The highest BCUT2D eigenvalue weighted by Gasteiger charge is 2.12. The molecule has 2 aromatic carbocycles. The van der Waals surface area contributed by atoms with Gasteiger partial charge in [-0.05, 0) is 36.4 Å². The molecule has 4 aromatic rings. The molecular formula is C23H22N4O2S. The zero-order valence-corrected chi connectivity index (χ0v) is 17.6. The number of nitrogens with zero attached hydrogens (tertiary/aromatic N) is 2. The van der Waals surface area contributed by atoms with Gasteiger partial charge in [-0.15, -0.1) is 11.3 Å². The molecule has 0 unspecified atom stereocenters. The molecule has 2 heterocycles. The van der Waals surface area contributed by atoms with Crippen molar-refractivity contribution < 1.29 is 4.79 Å². The zero-order valence-electron chi connectivity index (χ0n) is 16.8. The van der Waals surface area contributed by atoms with Crippen LogP contribution in [0.4, 0.5) is 0 Å². The molecule has 0 aliphatic carbocycles. The van der Waals surface area contributed by atoms with Crippen LogP contribution in [0.5, 0.6) is 0 Å². The number of fused-ring (bicyclic) bond motifs is 1. The first-order chi connectivity index (χ1) is 14.5. The molecule has 0 saturated heterocycles. The number of nitrogens with one attached hydrogen (secondary N) is 2.